The number of amides is 1. The summed E-state index contributed by atoms with van der Waals surface area (Å²) in [6.07, 6.45) is 2.45. The minimum atomic E-state index is -0.221. The van der Waals surface area contributed by atoms with Crippen molar-refractivity contribution < 1.29 is 19.0 Å². The van der Waals surface area contributed by atoms with Gasteiger partial charge in [0, 0.05) is 48.6 Å². The number of nitrogens with one attached hydrogen (secondary N) is 1. The molecular weight excluding hydrogens is 500 g/mol. The number of methoxy groups -OCH3 is 3. The predicted molar refractivity (Wildman–Crippen MR) is 158 cm³/mol. The van der Waals surface area contributed by atoms with Gasteiger partial charge < -0.3 is 24.1 Å². The fraction of sp³-hybridized carbons (Fsp3) is 0.206. The summed E-state index contributed by atoms with van der Waals surface area (Å²) in [6.45, 7) is 1.17. The molecule has 6 heteroatoms. The third-order valence-electron chi connectivity index (χ3n) is 7.20. The van der Waals surface area contributed by atoms with Gasteiger partial charge >= 0.3 is 0 Å². The summed E-state index contributed by atoms with van der Waals surface area (Å²) < 4.78 is 18.8. The van der Waals surface area contributed by atoms with E-state index in [0.29, 0.717) is 24.6 Å². The zero-order valence-corrected chi connectivity index (χ0v) is 23.1. The molecule has 0 spiro atoms. The fourth-order valence-electron chi connectivity index (χ4n) is 5.10. The number of hydrogen-bond donors (Lipinski definition) is 1. The van der Waals surface area contributed by atoms with Crippen LogP contribution >= 0.6 is 0 Å². The molecule has 0 fully saturated rings. The van der Waals surface area contributed by atoms with E-state index in [4.69, 9.17) is 14.2 Å². The van der Waals surface area contributed by atoms with Crippen LogP contribution < -0.4 is 19.5 Å². The lowest BCUT2D eigenvalue weighted by molar-refractivity contribution is -0.121. The molecule has 0 saturated heterocycles. The lowest BCUT2D eigenvalue weighted by Gasteiger charge is -2.19. The van der Waals surface area contributed by atoms with Crippen molar-refractivity contribution in [3.05, 3.63) is 126 Å². The third kappa shape index (κ3) is 6.12. The maximum atomic E-state index is 13.4. The number of carbonyl (C=O) groups is 1. The number of benzene rings is 4. The number of nitrogens with zero attached hydrogens (tertiary/aromatic N) is 1. The molecule has 0 aliphatic heterocycles. The summed E-state index contributed by atoms with van der Waals surface area (Å²) in [5, 5.41) is 4.22. The first-order chi connectivity index (χ1) is 19.6. The third-order valence-corrected chi connectivity index (χ3v) is 7.20. The number of hydrogen-bond acceptors (Lipinski definition) is 4. The summed E-state index contributed by atoms with van der Waals surface area (Å²) in [4.78, 5) is 13.4. The summed E-state index contributed by atoms with van der Waals surface area (Å²) in [7, 11) is 4.95. The molecule has 0 aliphatic rings. The Morgan fingerprint density at radius 2 is 1.40 bits per heavy atom. The maximum absolute atomic E-state index is 13.4. The van der Waals surface area contributed by atoms with Crippen LogP contribution in [0.25, 0.3) is 10.9 Å². The van der Waals surface area contributed by atoms with E-state index >= 15 is 0 Å². The van der Waals surface area contributed by atoms with Gasteiger partial charge in [0.25, 0.3) is 0 Å². The average Bonchev–Trinajstić information content (AvgIpc) is 3.37. The second-order valence-electron chi connectivity index (χ2n) is 9.74. The van der Waals surface area contributed by atoms with E-state index in [1.54, 1.807) is 21.3 Å². The summed E-state index contributed by atoms with van der Waals surface area (Å²) >= 11 is 0. The van der Waals surface area contributed by atoms with E-state index in [-0.39, 0.29) is 18.2 Å². The minimum absolute atomic E-state index is 0.0253. The van der Waals surface area contributed by atoms with E-state index in [9.17, 15) is 4.79 Å². The van der Waals surface area contributed by atoms with Crippen LogP contribution in [0.1, 0.15) is 34.6 Å². The highest BCUT2D eigenvalue weighted by Crippen LogP contribution is 2.38. The van der Waals surface area contributed by atoms with Crippen molar-refractivity contribution in [3.8, 4) is 17.2 Å². The Morgan fingerprint density at radius 3 is 2.08 bits per heavy atom. The zero-order valence-electron chi connectivity index (χ0n) is 23.1. The van der Waals surface area contributed by atoms with Crippen molar-refractivity contribution in [1.82, 2.24) is 9.88 Å². The Balaban J connectivity index is 1.54. The SMILES string of the molecule is COc1ccc(Cn2cc([C@@H](CC(=O)NCc3ccccc3)c3cc(OC)cc(OC)c3)c3ccccc32)cc1. The molecule has 1 amide bonds. The van der Waals surface area contributed by atoms with E-state index in [1.165, 1.54) is 0 Å². The topological polar surface area (TPSA) is 61.7 Å². The number of ether oxygens (including phenoxy) is 3. The Hall–Kier alpha value is -4.71. The molecule has 4 aromatic carbocycles. The summed E-state index contributed by atoms with van der Waals surface area (Å²) in [5.41, 5.74) is 5.37. The molecule has 0 bridgehead atoms. The van der Waals surface area contributed by atoms with Gasteiger partial charge in [-0.3, -0.25) is 4.79 Å². The Kier molecular flexibility index (Phi) is 8.35. The monoisotopic (exact) mass is 534 g/mol. The highest BCUT2D eigenvalue weighted by atomic mass is 16.5. The second kappa shape index (κ2) is 12.4. The van der Waals surface area contributed by atoms with Crippen LogP contribution in [-0.4, -0.2) is 31.8 Å². The molecule has 0 aliphatic carbocycles. The number of para-hydroxylation sites is 1. The zero-order chi connectivity index (χ0) is 27.9. The number of carbonyl (C=O) groups excluding carboxylic acids is 1. The number of fused-ring (bicyclic) bond motifs is 1. The van der Waals surface area contributed by atoms with Gasteiger partial charge in [-0.15, -0.1) is 0 Å². The molecule has 6 nitrogen and oxygen atoms in total. The van der Waals surface area contributed by atoms with Crippen molar-refractivity contribution in [1.29, 1.82) is 0 Å². The minimum Gasteiger partial charge on any atom is -0.497 e. The van der Waals surface area contributed by atoms with Gasteiger partial charge in [-0.1, -0.05) is 60.7 Å². The van der Waals surface area contributed by atoms with Gasteiger partial charge in [-0.05, 0) is 52.6 Å². The van der Waals surface area contributed by atoms with Gasteiger partial charge in [0.1, 0.15) is 17.2 Å². The van der Waals surface area contributed by atoms with Crippen molar-refractivity contribution in [2.45, 2.75) is 25.4 Å². The lowest BCUT2D eigenvalue weighted by Crippen LogP contribution is -2.25. The fourth-order valence-corrected chi connectivity index (χ4v) is 5.10. The van der Waals surface area contributed by atoms with E-state index < -0.39 is 0 Å². The molecule has 204 valence electrons. The van der Waals surface area contributed by atoms with Gasteiger partial charge in [-0.2, -0.15) is 0 Å². The molecule has 5 aromatic rings. The molecule has 1 heterocycles. The number of aromatic nitrogens is 1. The molecule has 0 radical (unpaired) electrons. The van der Waals surface area contributed by atoms with Crippen molar-refractivity contribution in [3.63, 3.8) is 0 Å². The Bertz CT molecular complexity index is 1550. The molecule has 0 unspecified atom stereocenters. The maximum Gasteiger partial charge on any atom is 0.221 e. The van der Waals surface area contributed by atoms with Crippen LogP contribution in [0.15, 0.2) is 103 Å². The quantitative estimate of drug-likeness (QED) is 0.209. The summed E-state index contributed by atoms with van der Waals surface area (Å²) in [5.74, 6) is 1.96. The first-order valence-corrected chi connectivity index (χ1v) is 13.3. The highest BCUT2D eigenvalue weighted by Gasteiger charge is 2.24. The molecule has 5 rings (SSSR count). The van der Waals surface area contributed by atoms with E-state index in [0.717, 1.165) is 38.9 Å². The van der Waals surface area contributed by atoms with Gasteiger partial charge in [-0.25, -0.2) is 0 Å². The second-order valence-corrected chi connectivity index (χ2v) is 9.74. The van der Waals surface area contributed by atoms with Crippen LogP contribution in [0.5, 0.6) is 17.2 Å². The lowest BCUT2D eigenvalue weighted by atomic mass is 9.87. The Morgan fingerprint density at radius 1 is 0.750 bits per heavy atom. The molecule has 1 N–H and O–H groups in total. The van der Waals surface area contributed by atoms with Crippen LogP contribution in [0.2, 0.25) is 0 Å². The largest absolute Gasteiger partial charge is 0.497 e. The van der Waals surface area contributed by atoms with Crippen LogP contribution in [0.4, 0.5) is 0 Å². The average molecular weight is 535 g/mol. The summed E-state index contributed by atoms with van der Waals surface area (Å²) in [6, 6.07) is 32.2. The molecular formula is C34H34N2O4. The smallest absolute Gasteiger partial charge is 0.221 e. The van der Waals surface area contributed by atoms with Crippen molar-refractivity contribution in [2.75, 3.05) is 21.3 Å². The first-order valence-electron chi connectivity index (χ1n) is 13.3. The first kappa shape index (κ1) is 26.9. The van der Waals surface area contributed by atoms with Crippen molar-refractivity contribution in [2.24, 2.45) is 0 Å². The van der Waals surface area contributed by atoms with Gasteiger partial charge in [0.2, 0.25) is 5.91 Å². The standard InChI is InChI=1S/C34H34N2O4/c1-38-27-15-13-25(14-16-27)22-36-23-32(30-11-7-8-12-33(30)36)31(26-17-28(39-2)19-29(18-26)40-3)20-34(37)35-21-24-9-5-4-6-10-24/h4-19,23,31H,20-22H2,1-3H3,(H,35,37)/t31-/m0/s1. The molecule has 1 atom stereocenters. The molecule has 1 aromatic heterocycles. The van der Waals surface area contributed by atoms with Crippen LogP contribution in [0, 0.1) is 0 Å². The van der Waals surface area contributed by atoms with Crippen LogP contribution in [-0.2, 0) is 17.9 Å². The van der Waals surface area contributed by atoms with Crippen molar-refractivity contribution >= 4 is 16.8 Å². The molecule has 40 heavy (non-hydrogen) atoms. The van der Waals surface area contributed by atoms with E-state index in [2.05, 4.69) is 40.3 Å². The van der Waals surface area contributed by atoms with Gasteiger partial charge in [0.05, 0.1) is 21.3 Å². The highest BCUT2D eigenvalue weighted by molar-refractivity contribution is 5.87. The Labute approximate surface area is 235 Å². The van der Waals surface area contributed by atoms with E-state index in [1.807, 2.05) is 72.8 Å². The molecule has 0 saturated carbocycles. The normalized spacial score (nSPS) is 11.7. The van der Waals surface area contributed by atoms with Gasteiger partial charge in [0.15, 0.2) is 0 Å². The predicted octanol–water partition coefficient (Wildman–Crippen LogP) is 6.55. The van der Waals surface area contributed by atoms with Crippen LogP contribution in [0.3, 0.4) is 0 Å². The number of rotatable bonds is 11.